The number of hydrogen-bond donors (Lipinski definition) is 0. The normalized spacial score (nSPS) is 20.6. The number of alkyl halides is 1. The molecular weight excluding hydrogens is 255 g/mol. The predicted molar refractivity (Wildman–Crippen MR) is 72.9 cm³/mol. The lowest BCUT2D eigenvalue weighted by Gasteiger charge is -2.19. The van der Waals surface area contributed by atoms with Crippen molar-refractivity contribution in [3.8, 4) is 6.07 Å². The van der Waals surface area contributed by atoms with Crippen LogP contribution in [0.2, 0.25) is 0 Å². The molecule has 1 heterocycles. The van der Waals surface area contributed by atoms with E-state index < -0.39 is 11.6 Å². The maximum atomic E-state index is 15.4. The van der Waals surface area contributed by atoms with Crippen molar-refractivity contribution in [2.45, 2.75) is 5.67 Å². The van der Waals surface area contributed by atoms with E-state index in [1.54, 1.807) is 31.3 Å². The quantitative estimate of drug-likeness (QED) is 0.796. The van der Waals surface area contributed by atoms with Gasteiger partial charge in [0.15, 0.2) is 0 Å². The molecule has 0 bridgehead atoms. The van der Waals surface area contributed by atoms with Crippen LogP contribution in [0.5, 0.6) is 0 Å². The van der Waals surface area contributed by atoms with Gasteiger partial charge in [-0.15, -0.1) is 0 Å². The topological polar surface area (TPSA) is 44.1 Å². The minimum absolute atomic E-state index is 0.248. The van der Waals surface area contributed by atoms with Gasteiger partial charge in [0.25, 0.3) is 5.91 Å². The summed E-state index contributed by atoms with van der Waals surface area (Å²) in [7, 11) is 1.56. The summed E-state index contributed by atoms with van der Waals surface area (Å²) < 4.78 is 15.4. The fourth-order valence-corrected chi connectivity index (χ4v) is 2.57. The number of hydrogen-bond acceptors (Lipinski definition) is 2. The molecule has 3 nitrogen and oxygen atoms in total. The average molecular weight is 266 g/mol. The van der Waals surface area contributed by atoms with E-state index in [0.29, 0.717) is 16.8 Å². The molecule has 0 aromatic heterocycles. The second-order valence-electron chi connectivity index (χ2n) is 4.73. The highest BCUT2D eigenvalue weighted by Crippen LogP contribution is 2.46. The Labute approximate surface area is 115 Å². The van der Waals surface area contributed by atoms with Crippen LogP contribution in [-0.4, -0.2) is 13.0 Å². The van der Waals surface area contributed by atoms with Crippen molar-refractivity contribution in [3.05, 3.63) is 65.2 Å². The zero-order chi connectivity index (χ0) is 14.3. The van der Waals surface area contributed by atoms with Crippen LogP contribution in [-0.2, 0) is 10.5 Å². The Kier molecular flexibility index (Phi) is 2.58. The van der Waals surface area contributed by atoms with E-state index in [-0.39, 0.29) is 5.56 Å². The monoisotopic (exact) mass is 266 g/mol. The number of nitriles is 1. The number of halogens is 1. The number of rotatable bonds is 1. The molecule has 0 saturated heterocycles. The summed E-state index contributed by atoms with van der Waals surface area (Å²) in [5.74, 6) is -0.608. The third-order valence-corrected chi connectivity index (χ3v) is 3.65. The minimum atomic E-state index is -2.18. The fraction of sp³-hybridized carbons (Fsp3) is 0.125. The van der Waals surface area contributed by atoms with Crippen molar-refractivity contribution in [2.24, 2.45) is 0 Å². The third-order valence-electron chi connectivity index (χ3n) is 3.65. The summed E-state index contributed by atoms with van der Waals surface area (Å²) in [6.07, 6.45) is 0. The van der Waals surface area contributed by atoms with Gasteiger partial charge in [0.2, 0.25) is 5.67 Å². The van der Waals surface area contributed by atoms with Crippen LogP contribution >= 0.6 is 0 Å². The van der Waals surface area contributed by atoms with E-state index in [0.717, 1.165) is 0 Å². The minimum Gasteiger partial charge on any atom is -0.312 e. The molecule has 4 heteroatoms. The number of carbonyl (C=O) groups excluding carboxylic acids is 1. The fourth-order valence-electron chi connectivity index (χ4n) is 2.57. The average Bonchev–Trinajstić information content (AvgIpc) is 2.71. The molecule has 2 aromatic rings. The number of anilines is 1. The van der Waals surface area contributed by atoms with Crippen molar-refractivity contribution in [2.75, 3.05) is 11.9 Å². The molecule has 0 aliphatic carbocycles. The van der Waals surface area contributed by atoms with E-state index in [2.05, 4.69) is 0 Å². The highest BCUT2D eigenvalue weighted by atomic mass is 19.1. The van der Waals surface area contributed by atoms with Crippen molar-refractivity contribution in [1.82, 2.24) is 0 Å². The predicted octanol–water partition coefficient (Wildman–Crippen LogP) is 2.75. The van der Waals surface area contributed by atoms with Gasteiger partial charge in [-0.2, -0.15) is 5.26 Å². The molecule has 20 heavy (non-hydrogen) atoms. The maximum absolute atomic E-state index is 15.4. The number of likely N-dealkylation sites (N-methyl/N-ethyl adjacent to an activating group) is 1. The molecule has 1 aliphatic heterocycles. The lowest BCUT2D eigenvalue weighted by molar-refractivity contribution is -0.126. The molecule has 0 spiro atoms. The van der Waals surface area contributed by atoms with Crippen LogP contribution in [0.3, 0.4) is 0 Å². The molecule has 2 aromatic carbocycles. The number of fused-ring (bicyclic) bond motifs is 1. The molecule has 0 radical (unpaired) electrons. The van der Waals surface area contributed by atoms with Gasteiger partial charge in [0.1, 0.15) is 0 Å². The van der Waals surface area contributed by atoms with Crippen LogP contribution in [0.4, 0.5) is 10.1 Å². The SMILES string of the molecule is CN1C(=O)[C@@](F)(c2ccc(C#N)cc2)c2ccccc21. The van der Waals surface area contributed by atoms with E-state index in [1.165, 1.54) is 29.2 Å². The van der Waals surface area contributed by atoms with Gasteiger partial charge in [-0.1, -0.05) is 30.3 Å². The molecule has 3 rings (SSSR count). The van der Waals surface area contributed by atoms with Crippen molar-refractivity contribution in [1.29, 1.82) is 5.26 Å². The number of benzene rings is 2. The molecule has 1 atom stereocenters. The molecule has 1 aliphatic rings. The second kappa shape index (κ2) is 4.17. The van der Waals surface area contributed by atoms with E-state index in [4.69, 9.17) is 5.26 Å². The molecule has 0 saturated carbocycles. The van der Waals surface area contributed by atoms with E-state index >= 15 is 4.39 Å². The molecule has 0 unspecified atom stereocenters. The van der Waals surface area contributed by atoms with Crippen LogP contribution in [0.1, 0.15) is 16.7 Å². The third kappa shape index (κ3) is 1.47. The van der Waals surface area contributed by atoms with Crippen molar-refractivity contribution < 1.29 is 9.18 Å². The molecule has 0 N–H and O–H groups in total. The first-order chi connectivity index (χ1) is 9.59. The Morgan fingerprint density at radius 3 is 2.45 bits per heavy atom. The Bertz CT molecular complexity index is 733. The highest BCUT2D eigenvalue weighted by molar-refractivity contribution is 6.08. The lowest BCUT2D eigenvalue weighted by Crippen LogP contribution is -2.35. The molecule has 98 valence electrons. The summed E-state index contributed by atoms with van der Waals surface area (Å²) in [5, 5.41) is 8.79. The summed E-state index contributed by atoms with van der Waals surface area (Å²) in [4.78, 5) is 13.7. The van der Waals surface area contributed by atoms with Crippen molar-refractivity contribution >= 4 is 11.6 Å². The summed E-state index contributed by atoms with van der Waals surface area (Å²) in [6, 6.07) is 14.8. The van der Waals surface area contributed by atoms with Crippen molar-refractivity contribution in [3.63, 3.8) is 0 Å². The molecule has 0 fully saturated rings. The lowest BCUT2D eigenvalue weighted by atomic mass is 9.89. The number of nitrogens with zero attached hydrogens (tertiary/aromatic N) is 2. The smallest absolute Gasteiger partial charge is 0.273 e. The Balaban J connectivity index is 2.20. The van der Waals surface area contributed by atoms with Crippen LogP contribution < -0.4 is 4.90 Å². The first-order valence-electron chi connectivity index (χ1n) is 6.16. The summed E-state index contributed by atoms with van der Waals surface area (Å²) in [5.41, 5.74) is -0.580. The molecular formula is C16H11FN2O. The number of amides is 1. The van der Waals surface area contributed by atoms with Crippen LogP contribution in [0, 0.1) is 11.3 Å². The first-order valence-corrected chi connectivity index (χ1v) is 6.16. The van der Waals surface area contributed by atoms with E-state index in [1.807, 2.05) is 6.07 Å². The van der Waals surface area contributed by atoms with Gasteiger partial charge >= 0.3 is 0 Å². The van der Waals surface area contributed by atoms with Gasteiger partial charge in [-0.3, -0.25) is 4.79 Å². The Morgan fingerprint density at radius 2 is 1.80 bits per heavy atom. The standard InChI is InChI=1S/C16H11FN2O/c1-19-14-5-3-2-4-13(14)16(17,15(19)20)12-8-6-11(10-18)7-9-12/h2-9H,1H3/t16-/m1/s1. The van der Waals surface area contributed by atoms with Gasteiger partial charge < -0.3 is 4.90 Å². The van der Waals surface area contributed by atoms with Crippen LogP contribution in [0.15, 0.2) is 48.5 Å². The van der Waals surface area contributed by atoms with Gasteiger partial charge in [-0.05, 0) is 18.2 Å². The van der Waals surface area contributed by atoms with E-state index in [9.17, 15) is 4.79 Å². The zero-order valence-electron chi connectivity index (χ0n) is 10.8. The number of carbonyl (C=O) groups is 1. The number of para-hydroxylation sites is 1. The van der Waals surface area contributed by atoms with Gasteiger partial charge in [-0.25, -0.2) is 4.39 Å². The second-order valence-corrected chi connectivity index (χ2v) is 4.73. The van der Waals surface area contributed by atoms with Crippen LogP contribution in [0.25, 0.3) is 0 Å². The Morgan fingerprint density at radius 1 is 1.15 bits per heavy atom. The maximum Gasteiger partial charge on any atom is 0.273 e. The zero-order valence-corrected chi connectivity index (χ0v) is 10.8. The largest absolute Gasteiger partial charge is 0.312 e. The summed E-state index contributed by atoms with van der Waals surface area (Å²) >= 11 is 0. The Hall–Kier alpha value is -2.67. The summed E-state index contributed by atoms with van der Waals surface area (Å²) in [6.45, 7) is 0. The van der Waals surface area contributed by atoms with Gasteiger partial charge in [0.05, 0.1) is 17.3 Å². The highest BCUT2D eigenvalue weighted by Gasteiger charge is 2.51. The van der Waals surface area contributed by atoms with Gasteiger partial charge in [0, 0.05) is 18.2 Å². The first kappa shape index (κ1) is 12.4. The molecule has 1 amide bonds.